The second kappa shape index (κ2) is 4.15. The lowest BCUT2D eigenvalue weighted by atomic mass is 9.97. The maximum Gasteiger partial charge on any atom is 0.125 e. The Balaban J connectivity index is 2.14. The molecule has 3 rings (SSSR count). The molecule has 2 heterocycles. The Morgan fingerprint density at radius 2 is 2.17 bits per heavy atom. The summed E-state index contributed by atoms with van der Waals surface area (Å²) in [5, 5.41) is 8.56. The molecule has 0 bridgehead atoms. The molecule has 0 atom stereocenters. The van der Waals surface area contributed by atoms with E-state index in [4.69, 9.17) is 0 Å². The lowest BCUT2D eigenvalue weighted by Crippen LogP contribution is -2.13. The van der Waals surface area contributed by atoms with Crippen molar-refractivity contribution in [3.05, 3.63) is 23.3 Å². The van der Waals surface area contributed by atoms with Crippen molar-refractivity contribution >= 4 is 0 Å². The lowest BCUT2D eigenvalue weighted by Gasteiger charge is -2.16. The molecule has 0 aliphatic heterocycles. The summed E-state index contributed by atoms with van der Waals surface area (Å²) in [5.41, 5.74) is 4.39. The molecule has 0 radical (unpaired) electrons. The molecule has 1 aliphatic rings. The van der Waals surface area contributed by atoms with Gasteiger partial charge in [0.25, 0.3) is 0 Å². The van der Waals surface area contributed by atoms with Crippen LogP contribution < -0.4 is 0 Å². The van der Waals surface area contributed by atoms with Gasteiger partial charge in [-0.25, -0.2) is 14.6 Å². The fourth-order valence-electron chi connectivity index (χ4n) is 2.39. The third-order valence-corrected chi connectivity index (χ3v) is 3.18. The molecule has 5 nitrogen and oxygen atoms in total. The van der Waals surface area contributed by atoms with E-state index in [-0.39, 0.29) is 0 Å². The van der Waals surface area contributed by atoms with E-state index in [1.54, 1.807) is 0 Å². The van der Waals surface area contributed by atoms with Crippen LogP contribution in [0, 0.1) is 12.8 Å². The molecule has 0 unspecified atom stereocenters. The van der Waals surface area contributed by atoms with E-state index >= 15 is 0 Å². The van der Waals surface area contributed by atoms with Gasteiger partial charge in [-0.2, -0.15) is 0 Å². The Morgan fingerprint density at radius 1 is 1.33 bits per heavy atom. The lowest BCUT2D eigenvalue weighted by molar-refractivity contribution is 0.475. The molecule has 0 amide bonds. The minimum absolute atomic E-state index is 0.545. The summed E-state index contributed by atoms with van der Waals surface area (Å²) < 4.78 is 1.99. The predicted molar refractivity (Wildman–Crippen MR) is 68.0 cm³/mol. The summed E-state index contributed by atoms with van der Waals surface area (Å²) >= 11 is 0. The molecule has 0 aromatic carbocycles. The summed E-state index contributed by atoms with van der Waals surface area (Å²) in [6, 6.07) is 0. The van der Waals surface area contributed by atoms with Crippen LogP contribution in [0.5, 0.6) is 0 Å². The number of fused-ring (bicyclic) bond motifs is 3. The van der Waals surface area contributed by atoms with Crippen molar-refractivity contribution in [1.29, 1.82) is 0 Å². The van der Waals surface area contributed by atoms with Crippen molar-refractivity contribution in [2.24, 2.45) is 5.92 Å². The van der Waals surface area contributed by atoms with Gasteiger partial charge in [-0.15, -0.1) is 5.10 Å². The average molecular weight is 243 g/mol. The SMILES string of the molecule is Cc1ncc2c(n1)-c1c(nnn1CC(C)C)CC2. The smallest absolute Gasteiger partial charge is 0.125 e. The molecular formula is C13H17N5. The molecule has 2 aromatic heterocycles. The van der Waals surface area contributed by atoms with Crippen LogP contribution in [0.25, 0.3) is 11.4 Å². The molecule has 2 aromatic rings. The highest BCUT2D eigenvalue weighted by molar-refractivity contribution is 5.63. The second-order valence-electron chi connectivity index (χ2n) is 5.25. The van der Waals surface area contributed by atoms with Gasteiger partial charge in [0.2, 0.25) is 0 Å². The Bertz CT molecular complexity index is 585. The maximum atomic E-state index is 4.58. The first-order chi connectivity index (χ1) is 8.65. The van der Waals surface area contributed by atoms with Crippen LogP contribution >= 0.6 is 0 Å². The molecular weight excluding hydrogens is 226 g/mol. The van der Waals surface area contributed by atoms with E-state index in [9.17, 15) is 0 Å². The predicted octanol–water partition coefficient (Wildman–Crippen LogP) is 1.80. The first-order valence-corrected chi connectivity index (χ1v) is 6.40. The molecule has 0 saturated carbocycles. The third kappa shape index (κ3) is 1.79. The largest absolute Gasteiger partial charge is 0.243 e. The van der Waals surface area contributed by atoms with Crippen molar-refractivity contribution < 1.29 is 0 Å². The highest BCUT2D eigenvalue weighted by Crippen LogP contribution is 2.30. The van der Waals surface area contributed by atoms with Crippen molar-refractivity contribution in [2.45, 2.75) is 40.2 Å². The van der Waals surface area contributed by atoms with Crippen LogP contribution in [0.2, 0.25) is 0 Å². The van der Waals surface area contributed by atoms with E-state index in [1.807, 2.05) is 17.8 Å². The Hall–Kier alpha value is -1.78. The zero-order valence-corrected chi connectivity index (χ0v) is 11.0. The minimum atomic E-state index is 0.545. The molecule has 0 saturated heterocycles. The van der Waals surface area contributed by atoms with Crippen molar-refractivity contribution in [3.8, 4) is 11.4 Å². The van der Waals surface area contributed by atoms with Gasteiger partial charge in [0.05, 0.1) is 11.4 Å². The fourth-order valence-corrected chi connectivity index (χ4v) is 2.39. The summed E-state index contributed by atoms with van der Waals surface area (Å²) in [6.45, 7) is 7.17. The van der Waals surface area contributed by atoms with Crippen molar-refractivity contribution in [2.75, 3.05) is 0 Å². The van der Waals surface area contributed by atoms with Crippen LogP contribution in [0.1, 0.15) is 30.9 Å². The number of nitrogens with zero attached hydrogens (tertiary/aromatic N) is 5. The van der Waals surface area contributed by atoms with Crippen LogP contribution in [0.15, 0.2) is 6.20 Å². The summed E-state index contributed by atoms with van der Waals surface area (Å²) in [6.07, 6.45) is 3.84. The fraction of sp³-hybridized carbons (Fsp3) is 0.538. The monoisotopic (exact) mass is 243 g/mol. The van der Waals surface area contributed by atoms with E-state index in [1.165, 1.54) is 5.56 Å². The van der Waals surface area contributed by atoms with Gasteiger partial charge < -0.3 is 0 Å². The summed E-state index contributed by atoms with van der Waals surface area (Å²) in [7, 11) is 0. The normalized spacial score (nSPS) is 13.6. The van der Waals surface area contributed by atoms with E-state index in [0.29, 0.717) is 5.92 Å². The second-order valence-corrected chi connectivity index (χ2v) is 5.25. The van der Waals surface area contributed by atoms with Gasteiger partial charge in [0, 0.05) is 12.7 Å². The first kappa shape index (κ1) is 11.3. The Morgan fingerprint density at radius 3 is 2.94 bits per heavy atom. The number of aryl methyl sites for hydroxylation is 3. The van der Waals surface area contributed by atoms with Gasteiger partial charge in [-0.1, -0.05) is 19.1 Å². The van der Waals surface area contributed by atoms with Crippen LogP contribution in [0.4, 0.5) is 0 Å². The summed E-state index contributed by atoms with van der Waals surface area (Å²) in [5.74, 6) is 1.35. The van der Waals surface area contributed by atoms with E-state index in [2.05, 4.69) is 34.1 Å². The third-order valence-electron chi connectivity index (χ3n) is 3.18. The highest BCUT2D eigenvalue weighted by Gasteiger charge is 2.24. The molecule has 5 heteroatoms. The van der Waals surface area contributed by atoms with Crippen molar-refractivity contribution in [1.82, 2.24) is 25.0 Å². The number of hydrogen-bond donors (Lipinski definition) is 0. The zero-order chi connectivity index (χ0) is 12.7. The average Bonchev–Trinajstić information content (AvgIpc) is 2.72. The highest BCUT2D eigenvalue weighted by atomic mass is 15.4. The van der Waals surface area contributed by atoms with Crippen molar-refractivity contribution in [3.63, 3.8) is 0 Å². The minimum Gasteiger partial charge on any atom is -0.243 e. The van der Waals surface area contributed by atoms with Gasteiger partial charge in [-0.3, -0.25) is 0 Å². The zero-order valence-electron chi connectivity index (χ0n) is 11.0. The Labute approximate surface area is 106 Å². The molecule has 0 fully saturated rings. The van der Waals surface area contributed by atoms with E-state index in [0.717, 1.165) is 42.3 Å². The van der Waals surface area contributed by atoms with Gasteiger partial charge in [-0.05, 0) is 31.2 Å². The first-order valence-electron chi connectivity index (χ1n) is 6.40. The maximum absolute atomic E-state index is 4.58. The molecule has 1 aliphatic carbocycles. The van der Waals surface area contributed by atoms with Crippen LogP contribution in [-0.2, 0) is 19.4 Å². The molecule has 0 N–H and O–H groups in total. The van der Waals surface area contributed by atoms with Gasteiger partial charge in [0.15, 0.2) is 0 Å². The quantitative estimate of drug-likeness (QED) is 0.807. The standard InChI is InChI=1S/C13H17N5/c1-8(2)7-18-13-11(16-17-18)5-4-10-6-14-9(3)15-12(10)13/h6,8H,4-5,7H2,1-3H3. The Kier molecular flexibility index (Phi) is 2.61. The van der Waals surface area contributed by atoms with E-state index < -0.39 is 0 Å². The van der Waals surface area contributed by atoms with Crippen LogP contribution in [0.3, 0.4) is 0 Å². The summed E-state index contributed by atoms with van der Waals surface area (Å²) in [4.78, 5) is 8.86. The number of hydrogen-bond acceptors (Lipinski definition) is 4. The topological polar surface area (TPSA) is 56.5 Å². The molecule has 18 heavy (non-hydrogen) atoms. The number of rotatable bonds is 2. The molecule has 0 spiro atoms. The van der Waals surface area contributed by atoms with Gasteiger partial charge >= 0.3 is 0 Å². The number of aromatic nitrogens is 5. The van der Waals surface area contributed by atoms with Crippen LogP contribution in [-0.4, -0.2) is 25.0 Å². The molecule has 94 valence electrons. The van der Waals surface area contributed by atoms with Gasteiger partial charge in [0.1, 0.15) is 11.5 Å².